The van der Waals surface area contributed by atoms with Crippen molar-refractivity contribution in [2.45, 2.75) is 32.9 Å². The number of aromatic nitrogens is 3. The van der Waals surface area contributed by atoms with Crippen molar-refractivity contribution >= 4 is 17.8 Å². The van der Waals surface area contributed by atoms with Gasteiger partial charge in [-0.05, 0) is 20.8 Å². The Balaban J connectivity index is 2.47. The van der Waals surface area contributed by atoms with Gasteiger partial charge in [-0.1, -0.05) is 0 Å². The maximum Gasteiger partial charge on any atom is 0.244 e. The van der Waals surface area contributed by atoms with E-state index in [1.54, 1.807) is 7.05 Å². The fourth-order valence-corrected chi connectivity index (χ4v) is 1.41. The quantitative estimate of drug-likeness (QED) is 0.746. The van der Waals surface area contributed by atoms with Gasteiger partial charge in [0.2, 0.25) is 17.8 Å². The number of nitrogens with zero attached hydrogens (tertiary/aromatic N) is 4. The zero-order chi connectivity index (χ0) is 14.6. The molecule has 0 radical (unpaired) electrons. The van der Waals surface area contributed by atoms with E-state index in [0.29, 0.717) is 0 Å². The Morgan fingerprint density at radius 3 is 2.58 bits per heavy atom. The number of nitrogens with one attached hydrogen (secondary N) is 1. The highest BCUT2D eigenvalue weighted by Crippen LogP contribution is 1.99. The highest BCUT2D eigenvalue weighted by molar-refractivity contribution is 5.84. The lowest BCUT2D eigenvalue weighted by molar-refractivity contribution is -0.135. The van der Waals surface area contributed by atoms with Gasteiger partial charge < -0.3 is 16.0 Å². The summed E-state index contributed by atoms with van der Waals surface area (Å²) in [6, 6.07) is 0. The summed E-state index contributed by atoms with van der Waals surface area (Å²) in [5.74, 6) is -0.337. The molecule has 1 aromatic rings. The molecule has 1 rings (SSSR count). The largest absolute Gasteiger partial charge is 0.367 e. The van der Waals surface area contributed by atoms with Gasteiger partial charge in [-0.15, -0.1) is 5.10 Å². The number of amides is 2. The van der Waals surface area contributed by atoms with Gasteiger partial charge in [0.15, 0.2) is 0 Å². The third-order valence-electron chi connectivity index (χ3n) is 2.17. The smallest absolute Gasteiger partial charge is 0.244 e. The summed E-state index contributed by atoms with van der Waals surface area (Å²) in [6.45, 7) is 5.64. The van der Waals surface area contributed by atoms with E-state index in [4.69, 9.17) is 5.73 Å². The predicted octanol–water partition coefficient (Wildman–Crippen LogP) is -0.767. The van der Waals surface area contributed by atoms with E-state index < -0.39 is 0 Å². The highest BCUT2D eigenvalue weighted by Gasteiger charge is 2.18. The number of rotatable bonds is 4. The first-order valence-electron chi connectivity index (χ1n) is 5.87. The Morgan fingerprint density at radius 1 is 1.47 bits per heavy atom. The van der Waals surface area contributed by atoms with Crippen LogP contribution in [0.4, 0.5) is 5.95 Å². The van der Waals surface area contributed by atoms with Gasteiger partial charge in [0, 0.05) is 12.6 Å². The lowest BCUT2D eigenvalue weighted by atomic mass is 10.1. The maximum absolute atomic E-state index is 11.8. The normalized spacial score (nSPS) is 11.2. The predicted molar refractivity (Wildman–Crippen MR) is 70.0 cm³/mol. The molecule has 0 unspecified atom stereocenters. The topological polar surface area (TPSA) is 106 Å². The van der Waals surface area contributed by atoms with Crippen LogP contribution < -0.4 is 11.1 Å². The van der Waals surface area contributed by atoms with Gasteiger partial charge in [0.25, 0.3) is 0 Å². The monoisotopic (exact) mass is 268 g/mol. The summed E-state index contributed by atoms with van der Waals surface area (Å²) < 4.78 is 1.33. The molecular formula is C11H20N6O2. The first-order valence-corrected chi connectivity index (χ1v) is 5.87. The van der Waals surface area contributed by atoms with Crippen LogP contribution in [0.15, 0.2) is 6.33 Å². The molecule has 8 nitrogen and oxygen atoms in total. The lowest BCUT2D eigenvalue weighted by Gasteiger charge is -2.23. The zero-order valence-electron chi connectivity index (χ0n) is 11.7. The van der Waals surface area contributed by atoms with E-state index in [1.807, 2.05) is 20.8 Å². The summed E-state index contributed by atoms with van der Waals surface area (Å²) in [5.41, 5.74) is 5.03. The Labute approximate surface area is 112 Å². The van der Waals surface area contributed by atoms with Gasteiger partial charge in [0.05, 0.1) is 6.54 Å². The van der Waals surface area contributed by atoms with E-state index in [0.717, 1.165) is 0 Å². The van der Waals surface area contributed by atoms with Gasteiger partial charge >= 0.3 is 0 Å². The van der Waals surface area contributed by atoms with Crippen LogP contribution in [0, 0.1) is 0 Å². The molecule has 0 aromatic carbocycles. The fraction of sp³-hybridized carbons (Fsp3) is 0.636. The molecule has 0 aliphatic carbocycles. The molecule has 0 aliphatic rings. The van der Waals surface area contributed by atoms with Crippen molar-refractivity contribution in [3.05, 3.63) is 6.33 Å². The van der Waals surface area contributed by atoms with Crippen molar-refractivity contribution in [2.24, 2.45) is 0 Å². The highest BCUT2D eigenvalue weighted by atomic mass is 16.2. The average molecular weight is 268 g/mol. The Bertz CT molecular complexity index is 462. The molecule has 1 heterocycles. The van der Waals surface area contributed by atoms with Crippen LogP contribution in [0.2, 0.25) is 0 Å². The molecule has 1 aromatic heterocycles. The van der Waals surface area contributed by atoms with E-state index >= 15 is 0 Å². The van der Waals surface area contributed by atoms with Crippen LogP contribution in [0.5, 0.6) is 0 Å². The van der Waals surface area contributed by atoms with Crippen LogP contribution in [0.1, 0.15) is 20.8 Å². The molecule has 0 bridgehead atoms. The Morgan fingerprint density at radius 2 is 2.11 bits per heavy atom. The van der Waals surface area contributed by atoms with Gasteiger partial charge in [-0.25, -0.2) is 9.67 Å². The number of carbonyl (C=O) groups is 2. The van der Waals surface area contributed by atoms with Crippen LogP contribution in [-0.4, -0.2) is 50.6 Å². The minimum atomic E-state index is -0.318. The minimum Gasteiger partial charge on any atom is -0.367 e. The molecule has 0 fully saturated rings. The maximum atomic E-state index is 11.8. The van der Waals surface area contributed by atoms with Crippen LogP contribution >= 0.6 is 0 Å². The van der Waals surface area contributed by atoms with E-state index in [2.05, 4.69) is 15.4 Å². The summed E-state index contributed by atoms with van der Waals surface area (Å²) >= 11 is 0. The molecule has 8 heteroatoms. The van der Waals surface area contributed by atoms with Gasteiger partial charge in [-0.3, -0.25) is 9.59 Å². The van der Waals surface area contributed by atoms with Crippen LogP contribution in [0.25, 0.3) is 0 Å². The molecule has 2 amide bonds. The van der Waals surface area contributed by atoms with Gasteiger partial charge in [0.1, 0.15) is 12.9 Å². The summed E-state index contributed by atoms with van der Waals surface area (Å²) in [5, 5.41) is 6.59. The van der Waals surface area contributed by atoms with Crippen LogP contribution in [-0.2, 0) is 16.1 Å². The van der Waals surface area contributed by atoms with Crippen LogP contribution in [0.3, 0.4) is 0 Å². The van der Waals surface area contributed by atoms with E-state index in [9.17, 15) is 9.59 Å². The fourth-order valence-electron chi connectivity index (χ4n) is 1.41. The zero-order valence-corrected chi connectivity index (χ0v) is 11.7. The summed E-state index contributed by atoms with van der Waals surface area (Å²) in [6.07, 6.45) is 1.37. The van der Waals surface area contributed by atoms with Crippen molar-refractivity contribution in [1.29, 1.82) is 0 Å². The lowest BCUT2D eigenvalue weighted by Crippen LogP contribution is -2.46. The number of anilines is 1. The number of carbonyl (C=O) groups excluding carboxylic acids is 2. The van der Waals surface area contributed by atoms with E-state index in [-0.39, 0.29) is 36.4 Å². The Hall–Kier alpha value is -2.12. The molecular weight excluding hydrogens is 248 g/mol. The second-order valence-corrected chi connectivity index (χ2v) is 5.35. The first-order chi connectivity index (χ1) is 8.67. The number of likely N-dealkylation sites (N-methyl/N-ethyl adjacent to an activating group) is 1. The molecule has 0 saturated carbocycles. The second kappa shape index (κ2) is 5.68. The molecule has 0 saturated heterocycles. The van der Waals surface area contributed by atoms with E-state index in [1.165, 1.54) is 15.9 Å². The second-order valence-electron chi connectivity index (χ2n) is 5.35. The number of nitrogens with two attached hydrogens (primary N) is 1. The third-order valence-corrected chi connectivity index (χ3v) is 2.17. The molecule has 0 atom stereocenters. The summed E-state index contributed by atoms with van der Waals surface area (Å²) in [4.78, 5) is 28.6. The number of hydrogen-bond donors (Lipinski definition) is 2. The molecule has 106 valence electrons. The summed E-state index contributed by atoms with van der Waals surface area (Å²) in [7, 11) is 1.56. The third kappa shape index (κ3) is 5.36. The Kier molecular flexibility index (Phi) is 4.47. The molecule has 19 heavy (non-hydrogen) atoms. The van der Waals surface area contributed by atoms with Crippen molar-refractivity contribution in [3.63, 3.8) is 0 Å². The van der Waals surface area contributed by atoms with Gasteiger partial charge in [-0.2, -0.15) is 0 Å². The van der Waals surface area contributed by atoms with Crippen molar-refractivity contribution in [1.82, 2.24) is 25.0 Å². The van der Waals surface area contributed by atoms with Crippen molar-refractivity contribution < 1.29 is 9.59 Å². The number of hydrogen-bond acceptors (Lipinski definition) is 5. The molecule has 3 N–H and O–H groups in total. The molecule has 0 spiro atoms. The van der Waals surface area contributed by atoms with Crippen molar-refractivity contribution in [2.75, 3.05) is 19.3 Å². The SMILES string of the molecule is CN(CC(=O)NC(C)(C)C)C(=O)Cn1cnc(N)n1. The van der Waals surface area contributed by atoms with Crippen molar-refractivity contribution in [3.8, 4) is 0 Å². The minimum absolute atomic E-state index is 0.000280. The molecule has 0 aliphatic heterocycles. The number of nitrogen functional groups attached to an aromatic ring is 1. The first kappa shape index (κ1) is 14.9. The standard InChI is InChI=1S/C11H20N6O2/c1-11(2,3)14-8(18)5-16(4)9(19)6-17-7-13-10(12)15-17/h7H,5-6H2,1-4H3,(H2,12,15)(H,14,18). The average Bonchev–Trinajstić information content (AvgIpc) is 2.60.